The Morgan fingerprint density at radius 2 is 1.90 bits per heavy atom. The summed E-state index contributed by atoms with van der Waals surface area (Å²) >= 11 is 0. The lowest BCUT2D eigenvalue weighted by molar-refractivity contribution is -0.129. The van der Waals surface area contributed by atoms with Gasteiger partial charge in [-0.1, -0.05) is 37.3 Å². The van der Waals surface area contributed by atoms with Crippen molar-refractivity contribution in [2.75, 3.05) is 24.6 Å². The van der Waals surface area contributed by atoms with Crippen LogP contribution in [0.25, 0.3) is 0 Å². The summed E-state index contributed by atoms with van der Waals surface area (Å²) in [7, 11) is -3.32. The summed E-state index contributed by atoms with van der Waals surface area (Å²) < 4.78 is 23.6. The average molecular weight is 312 g/mol. The Hall–Kier alpha value is -1.40. The number of rotatable bonds is 9. The zero-order valence-corrected chi connectivity index (χ0v) is 13.3. The topological polar surface area (TPSA) is 80.5 Å². The second-order valence-corrected chi connectivity index (χ2v) is 7.22. The number of nitrogens with zero attached hydrogens (tertiary/aromatic N) is 1. The van der Waals surface area contributed by atoms with Gasteiger partial charge in [-0.3, -0.25) is 4.79 Å². The van der Waals surface area contributed by atoms with Crippen LogP contribution in [0.2, 0.25) is 0 Å². The number of amides is 1. The smallest absolute Gasteiger partial charge is 0.238 e. The van der Waals surface area contributed by atoms with E-state index < -0.39 is 15.6 Å². The van der Waals surface area contributed by atoms with E-state index in [0.717, 1.165) is 5.56 Å². The van der Waals surface area contributed by atoms with Crippen LogP contribution in [0.15, 0.2) is 30.3 Å². The number of carbonyl (C=O) groups is 1. The average Bonchev–Trinajstić information content (AvgIpc) is 2.43. The summed E-state index contributed by atoms with van der Waals surface area (Å²) in [6, 6.07) is 9.54. The van der Waals surface area contributed by atoms with Crippen LogP contribution in [0, 0.1) is 0 Å². The molecule has 1 amide bonds. The molecule has 0 atom stereocenters. The summed E-state index contributed by atoms with van der Waals surface area (Å²) in [5.74, 6) is -0.715. The van der Waals surface area contributed by atoms with Crippen molar-refractivity contribution in [3.63, 3.8) is 0 Å². The fourth-order valence-electron chi connectivity index (χ4n) is 2.04. The first-order chi connectivity index (χ1) is 9.98. The number of nitrogens with two attached hydrogens (primary N) is 1. The molecular formula is C15H24N2O3S. The van der Waals surface area contributed by atoms with Gasteiger partial charge in [-0.2, -0.15) is 0 Å². The third kappa shape index (κ3) is 6.73. The second kappa shape index (κ2) is 8.79. The molecule has 0 aliphatic rings. The molecule has 0 saturated carbocycles. The van der Waals surface area contributed by atoms with Gasteiger partial charge in [0.15, 0.2) is 9.84 Å². The van der Waals surface area contributed by atoms with E-state index in [9.17, 15) is 13.2 Å². The van der Waals surface area contributed by atoms with Gasteiger partial charge in [0.2, 0.25) is 5.91 Å². The van der Waals surface area contributed by atoms with Crippen molar-refractivity contribution >= 4 is 15.7 Å². The normalized spacial score (nSPS) is 11.3. The highest BCUT2D eigenvalue weighted by atomic mass is 32.2. The lowest BCUT2D eigenvalue weighted by Crippen LogP contribution is -2.37. The molecule has 0 unspecified atom stereocenters. The van der Waals surface area contributed by atoms with Gasteiger partial charge in [0.1, 0.15) is 5.75 Å². The molecule has 5 nitrogen and oxygen atoms in total. The van der Waals surface area contributed by atoms with Crippen molar-refractivity contribution in [1.29, 1.82) is 0 Å². The molecule has 0 saturated heterocycles. The molecule has 0 heterocycles. The van der Waals surface area contributed by atoms with Crippen LogP contribution in [0.1, 0.15) is 25.3 Å². The molecule has 118 valence electrons. The second-order valence-electron chi connectivity index (χ2n) is 5.04. The van der Waals surface area contributed by atoms with E-state index in [2.05, 4.69) is 0 Å². The van der Waals surface area contributed by atoms with E-state index in [-0.39, 0.29) is 11.7 Å². The molecule has 21 heavy (non-hydrogen) atoms. The van der Waals surface area contributed by atoms with Crippen molar-refractivity contribution < 1.29 is 13.2 Å². The zero-order chi connectivity index (χ0) is 15.7. The molecule has 6 heteroatoms. The van der Waals surface area contributed by atoms with Crippen LogP contribution >= 0.6 is 0 Å². The van der Waals surface area contributed by atoms with Crippen molar-refractivity contribution in [2.24, 2.45) is 5.73 Å². The van der Waals surface area contributed by atoms with Gasteiger partial charge in [0, 0.05) is 13.1 Å². The monoisotopic (exact) mass is 312 g/mol. The molecule has 0 aliphatic heterocycles. The van der Waals surface area contributed by atoms with Gasteiger partial charge in [-0.05, 0) is 24.9 Å². The predicted molar refractivity (Wildman–Crippen MR) is 84.5 cm³/mol. The Balaban J connectivity index is 2.74. The molecular weight excluding hydrogens is 288 g/mol. The number of benzene rings is 1. The fraction of sp³-hybridized carbons (Fsp3) is 0.533. The van der Waals surface area contributed by atoms with Gasteiger partial charge in [0.25, 0.3) is 0 Å². The maximum absolute atomic E-state index is 12.2. The minimum Gasteiger partial charge on any atom is -0.337 e. The van der Waals surface area contributed by atoms with Gasteiger partial charge >= 0.3 is 0 Å². The first-order valence-corrected chi connectivity index (χ1v) is 9.03. The Kier molecular flexibility index (Phi) is 7.39. The summed E-state index contributed by atoms with van der Waals surface area (Å²) in [5.41, 5.74) is 6.47. The summed E-state index contributed by atoms with van der Waals surface area (Å²) in [5, 5.41) is 0. The molecule has 0 aliphatic carbocycles. The summed E-state index contributed by atoms with van der Waals surface area (Å²) in [6.45, 7) is 3.16. The quantitative estimate of drug-likeness (QED) is 0.742. The van der Waals surface area contributed by atoms with E-state index >= 15 is 0 Å². The number of sulfone groups is 1. The van der Waals surface area contributed by atoms with Crippen molar-refractivity contribution in [1.82, 2.24) is 4.90 Å². The van der Waals surface area contributed by atoms with Crippen LogP contribution < -0.4 is 5.73 Å². The van der Waals surface area contributed by atoms with E-state index in [0.29, 0.717) is 32.5 Å². The maximum atomic E-state index is 12.2. The summed E-state index contributed by atoms with van der Waals surface area (Å²) in [4.78, 5) is 13.8. The Morgan fingerprint density at radius 1 is 1.24 bits per heavy atom. The van der Waals surface area contributed by atoms with E-state index in [1.165, 1.54) is 0 Å². The number of hydrogen-bond acceptors (Lipinski definition) is 4. The summed E-state index contributed by atoms with van der Waals surface area (Å²) in [6.07, 6.45) is 1.18. The third-order valence-electron chi connectivity index (χ3n) is 3.06. The lowest BCUT2D eigenvalue weighted by atomic mass is 10.2. The maximum Gasteiger partial charge on any atom is 0.238 e. The first kappa shape index (κ1) is 17.7. The molecule has 0 fully saturated rings. The largest absolute Gasteiger partial charge is 0.337 e. The van der Waals surface area contributed by atoms with E-state index in [4.69, 9.17) is 5.73 Å². The zero-order valence-electron chi connectivity index (χ0n) is 12.5. The Bertz CT molecular complexity index is 529. The highest BCUT2D eigenvalue weighted by molar-refractivity contribution is 7.92. The fourth-order valence-corrected chi connectivity index (χ4v) is 3.37. The molecule has 0 aromatic heterocycles. The number of carbonyl (C=O) groups excluding carboxylic acids is 1. The lowest BCUT2D eigenvalue weighted by Gasteiger charge is -2.22. The first-order valence-electron chi connectivity index (χ1n) is 7.20. The van der Waals surface area contributed by atoms with Crippen LogP contribution in [-0.2, 0) is 21.2 Å². The Morgan fingerprint density at radius 3 is 2.48 bits per heavy atom. The van der Waals surface area contributed by atoms with Gasteiger partial charge < -0.3 is 10.6 Å². The minimum atomic E-state index is -3.32. The SMILES string of the molecule is CCCS(=O)(=O)CC(=O)N(CCCN)Cc1ccccc1. The van der Waals surface area contributed by atoms with Crippen LogP contribution in [-0.4, -0.2) is 43.8 Å². The van der Waals surface area contributed by atoms with Gasteiger partial charge in [-0.25, -0.2) is 8.42 Å². The third-order valence-corrected chi connectivity index (χ3v) is 4.78. The molecule has 0 spiro atoms. The van der Waals surface area contributed by atoms with Gasteiger partial charge in [0.05, 0.1) is 5.75 Å². The predicted octanol–water partition coefficient (Wildman–Crippen LogP) is 1.19. The van der Waals surface area contributed by atoms with Crippen LogP contribution in [0.5, 0.6) is 0 Å². The van der Waals surface area contributed by atoms with E-state index in [1.807, 2.05) is 30.3 Å². The Labute approximate surface area is 127 Å². The molecule has 0 radical (unpaired) electrons. The van der Waals surface area contributed by atoms with Crippen molar-refractivity contribution in [2.45, 2.75) is 26.3 Å². The minimum absolute atomic E-state index is 0.0504. The van der Waals surface area contributed by atoms with Crippen LogP contribution in [0.4, 0.5) is 0 Å². The highest BCUT2D eigenvalue weighted by Gasteiger charge is 2.21. The van der Waals surface area contributed by atoms with Crippen molar-refractivity contribution in [3.05, 3.63) is 35.9 Å². The van der Waals surface area contributed by atoms with Gasteiger partial charge in [-0.15, -0.1) is 0 Å². The van der Waals surface area contributed by atoms with Crippen molar-refractivity contribution in [3.8, 4) is 0 Å². The van der Waals surface area contributed by atoms with Crippen LogP contribution in [0.3, 0.4) is 0 Å². The molecule has 2 N–H and O–H groups in total. The highest BCUT2D eigenvalue weighted by Crippen LogP contribution is 2.07. The molecule has 0 bridgehead atoms. The molecule has 1 rings (SSSR count). The molecule has 1 aromatic carbocycles. The molecule has 1 aromatic rings. The number of hydrogen-bond donors (Lipinski definition) is 1. The standard InChI is InChI=1S/C15H24N2O3S/c1-2-11-21(19,20)13-15(18)17(10-6-9-16)12-14-7-4-3-5-8-14/h3-5,7-8H,2,6,9-13,16H2,1H3. The van der Waals surface area contributed by atoms with E-state index in [1.54, 1.807) is 11.8 Å².